The molecule has 3 heterocycles. The van der Waals surface area contributed by atoms with Gasteiger partial charge in [-0.2, -0.15) is 26.3 Å². The zero-order chi connectivity index (χ0) is 33.3. The standard InChI is InChI=1S/C34H30ClF6N5O/c35-27-8-9-29(34(39,40)41)25(16-27)20-46-11-10-42-32-30(46)17-24(19-43-32)22-4-6-23(7-5-22)31(47)21-44-12-14-45(15-13-44)28-3-1-2-26(18-28)33(36,37)38/h1-9,16-19H,10-15,20-21H2,(H,42,43). The fourth-order valence-electron chi connectivity index (χ4n) is 5.94. The lowest BCUT2D eigenvalue weighted by molar-refractivity contribution is -0.138. The van der Waals surface area contributed by atoms with Crippen LogP contribution in [0.2, 0.25) is 5.02 Å². The van der Waals surface area contributed by atoms with Crippen LogP contribution >= 0.6 is 11.6 Å². The molecule has 0 aliphatic carbocycles. The van der Waals surface area contributed by atoms with Gasteiger partial charge in [0.15, 0.2) is 5.78 Å². The summed E-state index contributed by atoms with van der Waals surface area (Å²) in [4.78, 5) is 23.3. The monoisotopic (exact) mass is 673 g/mol. The lowest BCUT2D eigenvalue weighted by atomic mass is 10.0. The minimum atomic E-state index is -4.52. The molecule has 1 N–H and O–H groups in total. The highest BCUT2D eigenvalue weighted by Gasteiger charge is 2.34. The second kappa shape index (κ2) is 13.1. The number of hydrogen-bond acceptors (Lipinski definition) is 6. The number of carbonyl (C=O) groups excluding carboxylic acids is 1. The van der Waals surface area contributed by atoms with Crippen LogP contribution in [0.3, 0.4) is 0 Å². The molecular weight excluding hydrogens is 644 g/mol. The Labute approximate surface area is 272 Å². The summed E-state index contributed by atoms with van der Waals surface area (Å²) in [5, 5.41) is 3.42. The summed E-state index contributed by atoms with van der Waals surface area (Å²) in [6, 6.07) is 17.8. The maximum atomic E-state index is 13.7. The van der Waals surface area contributed by atoms with Crippen molar-refractivity contribution in [1.29, 1.82) is 0 Å². The molecule has 1 saturated heterocycles. The number of aromatic nitrogens is 1. The average molecular weight is 674 g/mol. The number of carbonyl (C=O) groups is 1. The molecule has 0 bridgehead atoms. The molecule has 47 heavy (non-hydrogen) atoms. The van der Waals surface area contributed by atoms with Crippen molar-refractivity contribution in [3.8, 4) is 11.1 Å². The zero-order valence-electron chi connectivity index (χ0n) is 25.0. The number of anilines is 3. The Morgan fingerprint density at radius 2 is 1.57 bits per heavy atom. The summed E-state index contributed by atoms with van der Waals surface area (Å²) >= 11 is 6.06. The first-order valence-corrected chi connectivity index (χ1v) is 15.4. The molecule has 6 rings (SSSR count). The van der Waals surface area contributed by atoms with Gasteiger partial charge in [-0.05, 0) is 53.6 Å². The van der Waals surface area contributed by atoms with Gasteiger partial charge in [0, 0.05) is 73.8 Å². The van der Waals surface area contributed by atoms with Crippen molar-refractivity contribution in [3.05, 3.63) is 106 Å². The Kier molecular flexibility index (Phi) is 9.08. The minimum Gasteiger partial charge on any atom is -0.369 e. The van der Waals surface area contributed by atoms with E-state index in [0.29, 0.717) is 62.0 Å². The Morgan fingerprint density at radius 1 is 0.830 bits per heavy atom. The normalized spacial score (nSPS) is 15.7. The molecule has 0 radical (unpaired) electrons. The molecule has 13 heteroatoms. The predicted octanol–water partition coefficient (Wildman–Crippen LogP) is 7.88. The van der Waals surface area contributed by atoms with Gasteiger partial charge in [0.05, 0.1) is 23.4 Å². The van der Waals surface area contributed by atoms with Gasteiger partial charge in [0.25, 0.3) is 0 Å². The van der Waals surface area contributed by atoms with Gasteiger partial charge in [0.1, 0.15) is 5.82 Å². The topological polar surface area (TPSA) is 51.7 Å². The number of nitrogens with one attached hydrogen (secondary N) is 1. The van der Waals surface area contributed by atoms with Crippen LogP contribution in [0.5, 0.6) is 0 Å². The second-order valence-electron chi connectivity index (χ2n) is 11.6. The molecule has 0 amide bonds. The number of hydrogen-bond donors (Lipinski definition) is 1. The highest BCUT2D eigenvalue weighted by Crippen LogP contribution is 2.37. The molecule has 0 saturated carbocycles. The molecular formula is C34H30ClF6N5O. The van der Waals surface area contributed by atoms with Crippen molar-refractivity contribution in [2.75, 3.05) is 60.9 Å². The molecule has 3 aromatic carbocycles. The Balaban J connectivity index is 1.11. The summed E-state index contributed by atoms with van der Waals surface area (Å²) in [6.45, 7) is 3.22. The number of pyridine rings is 1. The van der Waals surface area contributed by atoms with Crippen molar-refractivity contribution >= 4 is 34.6 Å². The van der Waals surface area contributed by atoms with Gasteiger partial charge in [-0.25, -0.2) is 4.98 Å². The predicted molar refractivity (Wildman–Crippen MR) is 170 cm³/mol. The van der Waals surface area contributed by atoms with Crippen molar-refractivity contribution in [1.82, 2.24) is 9.88 Å². The van der Waals surface area contributed by atoms with Crippen LogP contribution < -0.4 is 15.1 Å². The SMILES string of the molecule is O=C(CN1CCN(c2cccc(C(F)(F)F)c2)CC1)c1ccc(-c2cnc3c(c2)N(Cc2cc(Cl)ccc2C(F)(F)F)CCN3)cc1. The summed E-state index contributed by atoms with van der Waals surface area (Å²) in [7, 11) is 0. The van der Waals surface area contributed by atoms with Crippen molar-refractivity contribution < 1.29 is 31.1 Å². The van der Waals surface area contributed by atoms with E-state index >= 15 is 0 Å². The molecule has 1 fully saturated rings. The van der Waals surface area contributed by atoms with Crippen LogP contribution in [0.25, 0.3) is 11.1 Å². The first kappa shape index (κ1) is 32.6. The molecule has 1 aromatic heterocycles. The van der Waals surface area contributed by atoms with Crippen molar-refractivity contribution in [3.63, 3.8) is 0 Å². The Morgan fingerprint density at radius 3 is 2.28 bits per heavy atom. The first-order valence-electron chi connectivity index (χ1n) is 15.0. The average Bonchev–Trinajstić information content (AvgIpc) is 3.04. The quantitative estimate of drug-likeness (QED) is 0.159. The number of halogens is 7. The van der Waals surface area contributed by atoms with Crippen LogP contribution in [-0.4, -0.2) is 61.5 Å². The van der Waals surface area contributed by atoms with E-state index < -0.39 is 23.5 Å². The van der Waals surface area contributed by atoms with Crippen LogP contribution in [0, 0.1) is 0 Å². The van der Waals surface area contributed by atoms with E-state index in [-0.39, 0.29) is 29.5 Å². The van der Waals surface area contributed by atoms with Crippen LogP contribution in [0.1, 0.15) is 27.0 Å². The Hall–Kier alpha value is -4.29. The van der Waals surface area contributed by atoms with E-state index in [1.54, 1.807) is 24.4 Å². The van der Waals surface area contributed by atoms with E-state index in [1.807, 2.05) is 32.9 Å². The third kappa shape index (κ3) is 7.49. The maximum Gasteiger partial charge on any atom is 0.416 e. The van der Waals surface area contributed by atoms with Gasteiger partial charge in [-0.1, -0.05) is 41.9 Å². The fraction of sp³-hybridized carbons (Fsp3) is 0.294. The van der Waals surface area contributed by atoms with E-state index in [9.17, 15) is 31.1 Å². The zero-order valence-corrected chi connectivity index (χ0v) is 25.8. The number of alkyl halides is 6. The van der Waals surface area contributed by atoms with E-state index in [4.69, 9.17) is 11.6 Å². The van der Waals surface area contributed by atoms with E-state index in [1.165, 1.54) is 18.2 Å². The lowest BCUT2D eigenvalue weighted by Crippen LogP contribution is -2.48. The summed E-state index contributed by atoms with van der Waals surface area (Å²) in [6.07, 6.45) is -7.25. The van der Waals surface area contributed by atoms with Gasteiger partial charge in [-0.3, -0.25) is 9.69 Å². The van der Waals surface area contributed by atoms with Crippen molar-refractivity contribution in [2.24, 2.45) is 0 Å². The fourth-order valence-corrected chi connectivity index (χ4v) is 6.14. The minimum absolute atomic E-state index is 0.00312. The third-order valence-corrected chi connectivity index (χ3v) is 8.67. The summed E-state index contributed by atoms with van der Waals surface area (Å²) < 4.78 is 80.5. The van der Waals surface area contributed by atoms with Gasteiger partial charge in [-0.15, -0.1) is 0 Å². The summed E-state index contributed by atoms with van der Waals surface area (Å²) in [5.74, 6) is 0.487. The number of ketones is 1. The van der Waals surface area contributed by atoms with Crippen LogP contribution in [0.15, 0.2) is 79.0 Å². The van der Waals surface area contributed by atoms with Gasteiger partial charge < -0.3 is 15.1 Å². The Bertz CT molecular complexity index is 1750. The molecule has 2 aliphatic heterocycles. The molecule has 246 valence electrons. The third-order valence-electron chi connectivity index (χ3n) is 8.43. The highest BCUT2D eigenvalue weighted by atomic mass is 35.5. The number of Topliss-reactive ketones (excluding diaryl/α,β-unsaturated/α-hetero) is 1. The maximum absolute atomic E-state index is 13.7. The molecule has 0 atom stereocenters. The number of benzene rings is 3. The summed E-state index contributed by atoms with van der Waals surface area (Å²) in [5.41, 5.74) is 1.86. The second-order valence-corrected chi connectivity index (χ2v) is 12.0. The van der Waals surface area contributed by atoms with Gasteiger partial charge >= 0.3 is 12.4 Å². The number of rotatable bonds is 7. The van der Waals surface area contributed by atoms with E-state index in [0.717, 1.165) is 29.3 Å². The molecule has 0 spiro atoms. The highest BCUT2D eigenvalue weighted by molar-refractivity contribution is 6.30. The molecule has 2 aliphatic rings. The first-order chi connectivity index (χ1) is 22.3. The van der Waals surface area contributed by atoms with Crippen LogP contribution in [-0.2, 0) is 18.9 Å². The lowest BCUT2D eigenvalue weighted by Gasteiger charge is -2.36. The van der Waals surface area contributed by atoms with Crippen LogP contribution in [0.4, 0.5) is 43.5 Å². The molecule has 6 nitrogen and oxygen atoms in total. The molecule has 4 aromatic rings. The largest absolute Gasteiger partial charge is 0.416 e. The number of piperazine rings is 1. The van der Waals surface area contributed by atoms with E-state index in [2.05, 4.69) is 10.3 Å². The smallest absolute Gasteiger partial charge is 0.369 e. The number of nitrogens with zero attached hydrogens (tertiary/aromatic N) is 4. The van der Waals surface area contributed by atoms with Crippen molar-refractivity contribution in [2.45, 2.75) is 18.9 Å². The van der Waals surface area contributed by atoms with Gasteiger partial charge in [0.2, 0.25) is 0 Å². The molecule has 0 unspecified atom stereocenters. The number of fused-ring (bicyclic) bond motifs is 1.